The zero-order valence-electron chi connectivity index (χ0n) is 18.2. The van der Waals surface area contributed by atoms with Gasteiger partial charge in [-0.25, -0.2) is 9.97 Å². The van der Waals surface area contributed by atoms with Gasteiger partial charge in [0.05, 0.1) is 23.9 Å². The Morgan fingerprint density at radius 2 is 1.94 bits per heavy atom. The molecule has 0 fully saturated rings. The molecule has 2 aromatic heterocycles. The normalized spacial score (nSPS) is 10.9. The summed E-state index contributed by atoms with van der Waals surface area (Å²) in [5.41, 5.74) is 2.09. The minimum atomic E-state index is 0. The van der Waals surface area contributed by atoms with E-state index in [0.717, 1.165) is 28.0 Å². The lowest BCUT2D eigenvalue weighted by atomic mass is 10.2. The first-order chi connectivity index (χ1) is 14.6. The van der Waals surface area contributed by atoms with E-state index in [4.69, 9.17) is 9.47 Å². The lowest BCUT2D eigenvalue weighted by molar-refractivity contribution is 0.339. The summed E-state index contributed by atoms with van der Waals surface area (Å²) < 4.78 is 11.3. The topological polar surface area (TPSA) is 71.9 Å². The van der Waals surface area contributed by atoms with Crippen LogP contribution in [0.15, 0.2) is 53.0 Å². The zero-order valence-corrected chi connectivity index (χ0v) is 21.3. The number of hydrogen-bond donors (Lipinski definition) is 1. The number of hydrogen-bond acceptors (Lipinski definition) is 6. The molecule has 0 aliphatic carbocycles. The number of halogens is 1. The number of aliphatic imine (C=N–C) groups is 1. The van der Waals surface area contributed by atoms with Crippen LogP contribution < -0.4 is 14.8 Å². The largest absolute Gasteiger partial charge is 0.494 e. The van der Waals surface area contributed by atoms with Crippen molar-refractivity contribution in [2.45, 2.75) is 26.9 Å². The van der Waals surface area contributed by atoms with Crippen LogP contribution in [-0.4, -0.2) is 41.5 Å². The fraction of sp³-hybridized carbons (Fsp3) is 0.318. The molecular formula is C22H28IN5O2S. The number of pyridine rings is 1. The number of aryl methyl sites for hydroxylation is 1. The minimum absolute atomic E-state index is 0. The van der Waals surface area contributed by atoms with Crippen LogP contribution in [0.1, 0.15) is 23.2 Å². The summed E-state index contributed by atoms with van der Waals surface area (Å²) in [4.78, 5) is 15.2. The Labute approximate surface area is 204 Å². The van der Waals surface area contributed by atoms with Crippen molar-refractivity contribution >= 4 is 41.3 Å². The summed E-state index contributed by atoms with van der Waals surface area (Å²) >= 11 is 1.66. The highest BCUT2D eigenvalue weighted by atomic mass is 127. The highest BCUT2D eigenvalue weighted by molar-refractivity contribution is 14.0. The van der Waals surface area contributed by atoms with E-state index in [2.05, 4.69) is 25.7 Å². The molecule has 0 bridgehead atoms. The summed E-state index contributed by atoms with van der Waals surface area (Å²) in [5.74, 6) is 2.87. The molecule has 1 N–H and O–H groups in total. The number of aromatic nitrogens is 2. The Morgan fingerprint density at radius 1 is 1.19 bits per heavy atom. The van der Waals surface area contributed by atoms with Crippen molar-refractivity contribution in [3.63, 3.8) is 0 Å². The van der Waals surface area contributed by atoms with E-state index in [0.29, 0.717) is 31.3 Å². The van der Waals surface area contributed by atoms with E-state index in [1.165, 1.54) is 0 Å². The van der Waals surface area contributed by atoms with E-state index in [9.17, 15) is 0 Å². The van der Waals surface area contributed by atoms with E-state index < -0.39 is 0 Å². The maximum Gasteiger partial charge on any atom is 0.219 e. The molecule has 9 heteroatoms. The average Bonchev–Trinajstić information content (AvgIpc) is 3.15. The third-order valence-corrected chi connectivity index (χ3v) is 5.07. The zero-order chi connectivity index (χ0) is 21.3. The van der Waals surface area contributed by atoms with Gasteiger partial charge < -0.3 is 19.7 Å². The summed E-state index contributed by atoms with van der Waals surface area (Å²) in [5, 5.41) is 6.52. The third-order valence-electron chi connectivity index (χ3n) is 4.25. The van der Waals surface area contributed by atoms with Crippen molar-refractivity contribution in [2.75, 3.05) is 20.7 Å². The highest BCUT2D eigenvalue weighted by Gasteiger charge is 2.09. The molecule has 3 rings (SSSR count). The molecule has 0 aliphatic heterocycles. The number of ether oxygens (including phenoxy) is 2. The van der Waals surface area contributed by atoms with Gasteiger partial charge in [0, 0.05) is 38.3 Å². The number of nitrogens with zero attached hydrogens (tertiary/aromatic N) is 4. The van der Waals surface area contributed by atoms with Gasteiger partial charge in [0.1, 0.15) is 11.5 Å². The Morgan fingerprint density at radius 3 is 2.58 bits per heavy atom. The molecule has 0 saturated carbocycles. The predicted molar refractivity (Wildman–Crippen MR) is 136 cm³/mol. The van der Waals surface area contributed by atoms with E-state index in [1.54, 1.807) is 24.6 Å². The van der Waals surface area contributed by atoms with Crippen molar-refractivity contribution in [1.29, 1.82) is 0 Å². The quantitative estimate of drug-likeness (QED) is 0.244. The standard InChI is InChI=1S/C22H27N5O2S.HI/c1-5-28-19-6-8-20(9-7-19)29-21-12-17(10-11-24-21)13-25-22(23-3)27(4)14-18-15-30-16(2)26-18;/h6-12,15H,5,13-14H2,1-4H3,(H,23,25);1H. The van der Waals surface area contributed by atoms with Gasteiger partial charge in [0.2, 0.25) is 5.88 Å². The van der Waals surface area contributed by atoms with Crippen LogP contribution in [0.3, 0.4) is 0 Å². The first kappa shape index (κ1) is 24.9. The minimum Gasteiger partial charge on any atom is -0.494 e. The molecule has 0 radical (unpaired) electrons. The van der Waals surface area contributed by atoms with Gasteiger partial charge in [-0.05, 0) is 49.7 Å². The first-order valence-corrected chi connectivity index (χ1v) is 10.6. The fourth-order valence-electron chi connectivity index (χ4n) is 2.87. The number of rotatable bonds is 8. The van der Waals surface area contributed by atoms with Gasteiger partial charge in [0.25, 0.3) is 0 Å². The number of guanidine groups is 1. The molecule has 0 atom stereocenters. The van der Waals surface area contributed by atoms with Gasteiger partial charge in [-0.3, -0.25) is 4.99 Å². The Hall–Kier alpha value is -2.40. The van der Waals surface area contributed by atoms with Gasteiger partial charge in [-0.2, -0.15) is 0 Å². The van der Waals surface area contributed by atoms with E-state index in [-0.39, 0.29) is 24.0 Å². The van der Waals surface area contributed by atoms with Crippen LogP contribution >= 0.6 is 35.3 Å². The average molecular weight is 553 g/mol. The number of nitrogens with one attached hydrogen (secondary N) is 1. The van der Waals surface area contributed by atoms with Crippen molar-refractivity contribution in [3.8, 4) is 17.4 Å². The third kappa shape index (κ3) is 7.66. The van der Waals surface area contributed by atoms with Crippen LogP contribution in [0, 0.1) is 6.92 Å². The lowest BCUT2D eigenvalue weighted by Crippen LogP contribution is -2.38. The molecule has 31 heavy (non-hydrogen) atoms. The summed E-state index contributed by atoms with van der Waals surface area (Å²) in [7, 11) is 3.77. The summed E-state index contributed by atoms with van der Waals surface area (Å²) in [6.45, 7) is 5.91. The molecule has 0 spiro atoms. The van der Waals surface area contributed by atoms with Gasteiger partial charge in [-0.1, -0.05) is 0 Å². The van der Waals surface area contributed by atoms with Crippen LogP contribution in [0.2, 0.25) is 0 Å². The smallest absolute Gasteiger partial charge is 0.219 e. The molecule has 0 amide bonds. The predicted octanol–water partition coefficient (Wildman–Crippen LogP) is 4.86. The first-order valence-electron chi connectivity index (χ1n) is 9.75. The summed E-state index contributed by atoms with van der Waals surface area (Å²) in [6.07, 6.45) is 1.74. The Balaban J connectivity index is 0.00000341. The number of thiazole rings is 1. The van der Waals surface area contributed by atoms with Crippen LogP contribution in [0.25, 0.3) is 0 Å². The van der Waals surface area contributed by atoms with Crippen molar-refractivity contribution in [3.05, 3.63) is 64.2 Å². The molecule has 2 heterocycles. The Kier molecular flexibility index (Phi) is 9.99. The van der Waals surface area contributed by atoms with E-state index >= 15 is 0 Å². The second kappa shape index (κ2) is 12.5. The van der Waals surface area contributed by atoms with Crippen molar-refractivity contribution < 1.29 is 9.47 Å². The second-order valence-corrected chi connectivity index (χ2v) is 7.69. The molecule has 3 aromatic rings. The summed E-state index contributed by atoms with van der Waals surface area (Å²) in [6, 6.07) is 11.4. The molecule has 7 nitrogen and oxygen atoms in total. The molecule has 0 saturated heterocycles. The van der Waals surface area contributed by atoms with Crippen molar-refractivity contribution in [1.82, 2.24) is 20.2 Å². The second-order valence-electron chi connectivity index (χ2n) is 6.62. The molecule has 1 aromatic carbocycles. The highest BCUT2D eigenvalue weighted by Crippen LogP contribution is 2.23. The fourth-order valence-corrected chi connectivity index (χ4v) is 3.48. The molecule has 0 unspecified atom stereocenters. The molecule has 166 valence electrons. The van der Waals surface area contributed by atoms with Gasteiger partial charge in [-0.15, -0.1) is 35.3 Å². The molecule has 0 aliphatic rings. The van der Waals surface area contributed by atoms with Crippen molar-refractivity contribution in [2.24, 2.45) is 4.99 Å². The van der Waals surface area contributed by atoms with Crippen LogP contribution in [-0.2, 0) is 13.1 Å². The number of benzene rings is 1. The van der Waals surface area contributed by atoms with Gasteiger partial charge >= 0.3 is 0 Å². The van der Waals surface area contributed by atoms with Gasteiger partial charge in [0.15, 0.2) is 5.96 Å². The van der Waals surface area contributed by atoms with Crippen LogP contribution in [0.5, 0.6) is 17.4 Å². The molecular weight excluding hydrogens is 525 g/mol. The van der Waals surface area contributed by atoms with E-state index in [1.807, 2.05) is 62.2 Å². The van der Waals surface area contributed by atoms with Crippen LogP contribution in [0.4, 0.5) is 0 Å². The maximum atomic E-state index is 5.87. The SMILES string of the molecule is CCOc1ccc(Oc2cc(CNC(=NC)N(C)Cc3csc(C)n3)ccn2)cc1.I. The monoisotopic (exact) mass is 553 g/mol. The lowest BCUT2D eigenvalue weighted by Gasteiger charge is -2.21. The Bertz CT molecular complexity index is 978. The maximum absolute atomic E-state index is 5.87.